The molecule has 1 aromatic heterocycles. The van der Waals surface area contributed by atoms with Crippen molar-refractivity contribution in [2.45, 2.75) is 6.36 Å². The standard InChI is InChI=1S/C28H18F3N3O5/c29-28(30,31)39-19-14-12-18(13-15-19)34-23-7-2-1-4-21(23)24(26(34)36)33-32-22-6-3-5-20(25(22)35)16-8-10-17(11-9-16)27(37)38/h1-15,35-36H,(H,37,38). The van der Waals surface area contributed by atoms with Crippen LogP contribution >= 0.6 is 0 Å². The zero-order chi connectivity index (χ0) is 27.7. The lowest BCUT2D eigenvalue weighted by Crippen LogP contribution is -2.17. The van der Waals surface area contributed by atoms with E-state index in [1.807, 2.05) is 0 Å². The van der Waals surface area contributed by atoms with Crippen molar-refractivity contribution in [3.63, 3.8) is 0 Å². The lowest BCUT2D eigenvalue weighted by atomic mass is 10.0. The molecule has 0 bridgehead atoms. The Hall–Kier alpha value is -5.32. The van der Waals surface area contributed by atoms with Gasteiger partial charge in [-0.2, -0.15) is 0 Å². The number of phenols is 1. The van der Waals surface area contributed by atoms with E-state index in [4.69, 9.17) is 5.11 Å². The Labute approximate surface area is 218 Å². The normalized spacial score (nSPS) is 11.8. The van der Waals surface area contributed by atoms with E-state index >= 15 is 0 Å². The van der Waals surface area contributed by atoms with Crippen LogP contribution in [0.4, 0.5) is 24.5 Å². The fourth-order valence-corrected chi connectivity index (χ4v) is 4.11. The van der Waals surface area contributed by atoms with Crippen LogP contribution in [-0.2, 0) is 0 Å². The quantitative estimate of drug-likeness (QED) is 0.193. The van der Waals surface area contributed by atoms with Crippen molar-refractivity contribution in [2.75, 3.05) is 0 Å². The summed E-state index contributed by atoms with van der Waals surface area (Å²) in [6, 6.07) is 22.6. The molecular formula is C28H18F3N3O5. The second-order valence-corrected chi connectivity index (χ2v) is 8.32. The maximum Gasteiger partial charge on any atom is 0.573 e. The molecule has 11 heteroatoms. The molecule has 0 unspecified atom stereocenters. The molecule has 0 aliphatic heterocycles. The van der Waals surface area contributed by atoms with Crippen LogP contribution in [0.3, 0.4) is 0 Å². The number of carbonyl (C=O) groups is 1. The van der Waals surface area contributed by atoms with E-state index in [9.17, 15) is 28.2 Å². The summed E-state index contributed by atoms with van der Waals surface area (Å²) in [5.74, 6) is -2.00. The molecule has 196 valence electrons. The van der Waals surface area contributed by atoms with Crippen molar-refractivity contribution in [2.24, 2.45) is 10.2 Å². The molecule has 39 heavy (non-hydrogen) atoms. The highest BCUT2D eigenvalue weighted by Crippen LogP contribution is 2.43. The van der Waals surface area contributed by atoms with E-state index in [1.165, 1.54) is 34.9 Å². The summed E-state index contributed by atoms with van der Waals surface area (Å²) < 4.78 is 42.9. The van der Waals surface area contributed by atoms with Gasteiger partial charge in [0.1, 0.15) is 11.4 Å². The topological polar surface area (TPSA) is 117 Å². The molecule has 1 heterocycles. The molecule has 0 spiro atoms. The summed E-state index contributed by atoms with van der Waals surface area (Å²) in [5, 5.41) is 39.8. The van der Waals surface area contributed by atoms with Gasteiger partial charge in [-0.05, 0) is 54.1 Å². The minimum absolute atomic E-state index is 0.0804. The van der Waals surface area contributed by atoms with E-state index in [0.29, 0.717) is 27.7 Å². The van der Waals surface area contributed by atoms with Gasteiger partial charge < -0.3 is 20.1 Å². The fourth-order valence-electron chi connectivity index (χ4n) is 4.11. The number of ether oxygens (including phenoxy) is 1. The Balaban J connectivity index is 1.52. The summed E-state index contributed by atoms with van der Waals surface area (Å²) in [7, 11) is 0. The van der Waals surface area contributed by atoms with Crippen LogP contribution in [-0.4, -0.2) is 32.2 Å². The van der Waals surface area contributed by atoms with E-state index in [2.05, 4.69) is 15.0 Å². The number of alkyl halides is 3. The van der Waals surface area contributed by atoms with E-state index in [-0.39, 0.29) is 28.6 Å². The molecule has 5 rings (SSSR count). The molecule has 0 aliphatic rings. The highest BCUT2D eigenvalue weighted by atomic mass is 19.4. The first-order valence-corrected chi connectivity index (χ1v) is 11.4. The first-order valence-electron chi connectivity index (χ1n) is 11.4. The fraction of sp³-hybridized carbons (Fsp3) is 0.0357. The molecule has 3 N–H and O–H groups in total. The molecular weight excluding hydrogens is 515 g/mol. The summed E-state index contributed by atoms with van der Waals surface area (Å²) in [6.07, 6.45) is -4.83. The van der Waals surface area contributed by atoms with Crippen molar-refractivity contribution in [1.29, 1.82) is 0 Å². The second kappa shape index (κ2) is 9.86. The second-order valence-electron chi connectivity index (χ2n) is 8.32. The van der Waals surface area contributed by atoms with Gasteiger partial charge in [0.05, 0.1) is 11.1 Å². The average molecular weight is 533 g/mol. The van der Waals surface area contributed by atoms with Gasteiger partial charge in [-0.1, -0.05) is 42.5 Å². The lowest BCUT2D eigenvalue weighted by Gasteiger charge is -2.11. The first-order chi connectivity index (χ1) is 18.6. The monoisotopic (exact) mass is 533 g/mol. The van der Waals surface area contributed by atoms with Crippen molar-refractivity contribution >= 4 is 28.2 Å². The van der Waals surface area contributed by atoms with Crippen LogP contribution in [0.25, 0.3) is 27.7 Å². The number of rotatable bonds is 6. The number of aromatic carboxylic acids is 1. The van der Waals surface area contributed by atoms with Crippen LogP contribution < -0.4 is 4.74 Å². The molecule has 0 aliphatic carbocycles. The van der Waals surface area contributed by atoms with Gasteiger partial charge in [-0.25, -0.2) is 4.79 Å². The Kier molecular flexibility index (Phi) is 6.40. The van der Waals surface area contributed by atoms with Crippen LogP contribution in [0.1, 0.15) is 10.4 Å². The SMILES string of the molecule is O=C(O)c1ccc(-c2cccc(N=Nc3c(O)n(-c4ccc(OC(F)(F)F)cc4)c4ccccc34)c2O)cc1. The van der Waals surface area contributed by atoms with Crippen LogP contribution in [0.15, 0.2) is 101 Å². The summed E-state index contributed by atoms with van der Waals surface area (Å²) >= 11 is 0. The maximum absolute atomic E-state index is 12.5. The largest absolute Gasteiger partial charge is 0.573 e. The van der Waals surface area contributed by atoms with E-state index < -0.39 is 18.1 Å². The zero-order valence-corrected chi connectivity index (χ0v) is 19.8. The van der Waals surface area contributed by atoms with Gasteiger partial charge in [0.25, 0.3) is 0 Å². The molecule has 8 nitrogen and oxygen atoms in total. The average Bonchev–Trinajstić information content (AvgIpc) is 3.19. The van der Waals surface area contributed by atoms with Gasteiger partial charge in [-0.3, -0.25) is 4.57 Å². The number of phenolic OH excluding ortho intramolecular Hbond substituents is 1. The van der Waals surface area contributed by atoms with Crippen molar-refractivity contribution in [1.82, 2.24) is 4.57 Å². The predicted molar refractivity (Wildman–Crippen MR) is 136 cm³/mol. The molecule has 0 radical (unpaired) electrons. The molecule has 0 amide bonds. The zero-order valence-electron chi connectivity index (χ0n) is 19.8. The number of benzene rings is 4. The highest BCUT2D eigenvalue weighted by Gasteiger charge is 2.31. The van der Waals surface area contributed by atoms with Gasteiger partial charge in [0.2, 0.25) is 5.88 Å². The third kappa shape index (κ3) is 5.10. The van der Waals surface area contributed by atoms with E-state index in [1.54, 1.807) is 48.5 Å². The third-order valence-electron chi connectivity index (χ3n) is 5.87. The van der Waals surface area contributed by atoms with E-state index in [0.717, 1.165) is 12.1 Å². The van der Waals surface area contributed by atoms with Crippen molar-refractivity contribution in [3.05, 3.63) is 96.6 Å². The highest BCUT2D eigenvalue weighted by molar-refractivity contribution is 5.96. The van der Waals surface area contributed by atoms with Crippen molar-refractivity contribution < 1.29 is 38.0 Å². The first kappa shape index (κ1) is 25.3. The van der Waals surface area contributed by atoms with Gasteiger partial charge in [-0.15, -0.1) is 23.4 Å². The molecule has 0 atom stereocenters. The van der Waals surface area contributed by atoms with Crippen LogP contribution in [0.5, 0.6) is 17.4 Å². The Morgan fingerprint density at radius 3 is 2.18 bits per heavy atom. The smallest absolute Gasteiger partial charge is 0.505 e. The number of aromatic nitrogens is 1. The number of halogens is 3. The summed E-state index contributed by atoms with van der Waals surface area (Å²) in [6.45, 7) is 0. The molecule has 4 aromatic carbocycles. The maximum atomic E-state index is 12.5. The van der Waals surface area contributed by atoms with Crippen molar-refractivity contribution in [3.8, 4) is 34.2 Å². The van der Waals surface area contributed by atoms with Gasteiger partial charge in [0.15, 0.2) is 11.4 Å². The predicted octanol–water partition coefficient (Wildman–Crippen LogP) is 7.72. The summed E-state index contributed by atoms with van der Waals surface area (Å²) in [4.78, 5) is 11.1. The number of azo groups is 1. The Bertz CT molecular complexity index is 1710. The molecule has 0 saturated heterocycles. The minimum Gasteiger partial charge on any atom is -0.505 e. The van der Waals surface area contributed by atoms with Crippen LogP contribution in [0.2, 0.25) is 0 Å². The van der Waals surface area contributed by atoms with Gasteiger partial charge in [0, 0.05) is 16.6 Å². The number of carboxylic acids is 1. The number of aromatic hydroxyl groups is 2. The number of fused-ring (bicyclic) bond motifs is 1. The molecule has 0 fully saturated rings. The lowest BCUT2D eigenvalue weighted by molar-refractivity contribution is -0.274. The number of carboxylic acid groups (broad SMARTS) is 1. The molecule has 5 aromatic rings. The minimum atomic E-state index is -4.83. The van der Waals surface area contributed by atoms with Gasteiger partial charge >= 0.3 is 12.3 Å². The third-order valence-corrected chi connectivity index (χ3v) is 5.87. The number of hydrogen-bond donors (Lipinski definition) is 3. The number of nitrogens with zero attached hydrogens (tertiary/aromatic N) is 3. The van der Waals surface area contributed by atoms with Crippen LogP contribution in [0, 0.1) is 0 Å². The summed E-state index contributed by atoms with van der Waals surface area (Å²) in [5.41, 5.74) is 2.11. The Morgan fingerprint density at radius 2 is 1.51 bits per heavy atom. The Morgan fingerprint density at radius 1 is 0.821 bits per heavy atom. The number of hydrogen-bond acceptors (Lipinski definition) is 6. The molecule has 0 saturated carbocycles. The number of para-hydroxylation sites is 2.